The Morgan fingerprint density at radius 1 is 1.19 bits per heavy atom. The average Bonchev–Trinajstić information content (AvgIpc) is 3.33. The molecular weight excluding hydrogens is 342 g/mol. The van der Waals surface area contributed by atoms with E-state index in [1.807, 2.05) is 18.2 Å². The van der Waals surface area contributed by atoms with Crippen molar-refractivity contribution in [2.75, 3.05) is 26.8 Å². The molecule has 1 fully saturated rings. The molecule has 2 rings (SSSR count). The van der Waals surface area contributed by atoms with Gasteiger partial charge >= 0.3 is 5.97 Å². The Labute approximate surface area is 160 Å². The summed E-state index contributed by atoms with van der Waals surface area (Å²) in [5.41, 5.74) is 1.41. The molecule has 0 heterocycles. The van der Waals surface area contributed by atoms with Crippen molar-refractivity contribution in [3.63, 3.8) is 0 Å². The first-order valence-corrected chi connectivity index (χ1v) is 12.4. The topological polar surface area (TPSA) is 38.8 Å². The molecule has 26 heavy (non-hydrogen) atoms. The van der Waals surface area contributed by atoms with E-state index < -0.39 is 8.32 Å². The minimum atomic E-state index is -1.75. The standard InChI is InChI=1S/C21H35NO3Si/c1-20(2,3)26(5,6)25-17-21(12-13-21)16-22(15-19(23)24-4)14-18-10-8-7-9-11-18/h7-11H,12-17H2,1-6H3. The van der Waals surface area contributed by atoms with Crippen LogP contribution in [0, 0.1) is 5.41 Å². The van der Waals surface area contributed by atoms with E-state index >= 15 is 0 Å². The van der Waals surface area contributed by atoms with Gasteiger partial charge in [0.2, 0.25) is 0 Å². The molecule has 1 saturated carbocycles. The summed E-state index contributed by atoms with van der Waals surface area (Å²) in [5, 5.41) is 0.221. The number of rotatable bonds is 9. The summed E-state index contributed by atoms with van der Waals surface area (Å²) in [4.78, 5) is 14.1. The predicted octanol–water partition coefficient (Wildman–Crippen LogP) is 4.46. The second kappa shape index (κ2) is 8.24. The zero-order valence-corrected chi connectivity index (χ0v) is 18.3. The van der Waals surface area contributed by atoms with Crippen LogP contribution in [0.2, 0.25) is 18.1 Å². The quantitative estimate of drug-likeness (QED) is 0.470. The van der Waals surface area contributed by atoms with Crippen molar-refractivity contribution in [3.8, 4) is 0 Å². The van der Waals surface area contributed by atoms with Crippen LogP contribution in [0.4, 0.5) is 0 Å². The van der Waals surface area contributed by atoms with E-state index in [9.17, 15) is 4.79 Å². The molecule has 146 valence electrons. The largest absolute Gasteiger partial charge is 0.468 e. The fraction of sp³-hybridized carbons (Fsp3) is 0.667. The van der Waals surface area contributed by atoms with Crippen LogP contribution in [-0.2, 0) is 20.5 Å². The van der Waals surface area contributed by atoms with Crippen LogP contribution in [0.25, 0.3) is 0 Å². The second-order valence-electron chi connectivity index (χ2n) is 9.26. The van der Waals surface area contributed by atoms with Gasteiger partial charge in [-0.2, -0.15) is 0 Å². The minimum absolute atomic E-state index is 0.179. The predicted molar refractivity (Wildman–Crippen MR) is 109 cm³/mol. The summed E-state index contributed by atoms with van der Waals surface area (Å²) in [6, 6.07) is 10.3. The number of ether oxygens (including phenoxy) is 1. The van der Waals surface area contributed by atoms with Crippen molar-refractivity contribution in [1.29, 1.82) is 0 Å². The normalized spacial score (nSPS) is 16.6. The third-order valence-corrected chi connectivity index (χ3v) is 10.4. The third kappa shape index (κ3) is 5.93. The van der Waals surface area contributed by atoms with Crippen molar-refractivity contribution in [1.82, 2.24) is 4.90 Å². The van der Waals surface area contributed by atoms with Gasteiger partial charge in [-0.25, -0.2) is 0 Å². The molecule has 0 aliphatic heterocycles. The molecule has 1 aromatic carbocycles. The molecule has 0 saturated heterocycles. The lowest BCUT2D eigenvalue weighted by molar-refractivity contribution is -0.142. The highest BCUT2D eigenvalue weighted by molar-refractivity contribution is 6.74. The zero-order chi connectivity index (χ0) is 19.4. The van der Waals surface area contributed by atoms with Gasteiger partial charge in [0.05, 0.1) is 13.7 Å². The summed E-state index contributed by atoms with van der Waals surface area (Å²) in [5.74, 6) is -0.179. The van der Waals surface area contributed by atoms with Crippen molar-refractivity contribution < 1.29 is 14.0 Å². The summed E-state index contributed by atoms with van der Waals surface area (Å²) in [6.07, 6.45) is 2.35. The summed E-state index contributed by atoms with van der Waals surface area (Å²) < 4.78 is 11.4. The first kappa shape index (κ1) is 21.1. The van der Waals surface area contributed by atoms with Gasteiger partial charge in [0.15, 0.2) is 8.32 Å². The Morgan fingerprint density at radius 3 is 2.31 bits per heavy atom. The van der Waals surface area contributed by atoms with Crippen LogP contribution in [0.5, 0.6) is 0 Å². The van der Waals surface area contributed by atoms with Crippen LogP contribution in [-0.4, -0.2) is 46.0 Å². The van der Waals surface area contributed by atoms with Crippen LogP contribution in [0.1, 0.15) is 39.2 Å². The fourth-order valence-corrected chi connectivity index (χ4v) is 3.91. The molecule has 0 unspecified atom stereocenters. The molecule has 0 radical (unpaired) electrons. The third-order valence-electron chi connectivity index (χ3n) is 5.89. The Bertz CT molecular complexity index is 591. The monoisotopic (exact) mass is 377 g/mol. The number of esters is 1. The van der Waals surface area contributed by atoms with Crippen LogP contribution >= 0.6 is 0 Å². The number of carbonyl (C=O) groups is 1. The van der Waals surface area contributed by atoms with E-state index in [0.717, 1.165) is 19.7 Å². The van der Waals surface area contributed by atoms with Gasteiger partial charge in [-0.3, -0.25) is 9.69 Å². The first-order valence-electron chi connectivity index (χ1n) is 9.54. The van der Waals surface area contributed by atoms with Gasteiger partial charge in [0, 0.05) is 25.1 Å². The smallest absolute Gasteiger partial charge is 0.319 e. The highest BCUT2D eigenvalue weighted by Crippen LogP contribution is 2.48. The lowest BCUT2D eigenvalue weighted by atomic mass is 10.1. The summed E-state index contributed by atoms with van der Waals surface area (Å²) in [6.45, 7) is 14.2. The SMILES string of the molecule is COC(=O)CN(Cc1ccccc1)CC1(CO[Si](C)(C)C(C)(C)C)CC1. The number of carbonyl (C=O) groups excluding carboxylic acids is 1. The molecule has 0 atom stereocenters. The fourth-order valence-electron chi connectivity index (χ4n) is 2.81. The first-order chi connectivity index (χ1) is 12.1. The molecule has 1 aliphatic carbocycles. The maximum atomic E-state index is 11.9. The maximum absolute atomic E-state index is 11.9. The number of nitrogens with zero attached hydrogens (tertiary/aromatic N) is 1. The van der Waals surface area contributed by atoms with Crippen LogP contribution < -0.4 is 0 Å². The average molecular weight is 378 g/mol. The van der Waals surface area contributed by atoms with Gasteiger partial charge in [-0.1, -0.05) is 51.1 Å². The zero-order valence-electron chi connectivity index (χ0n) is 17.3. The molecule has 4 nitrogen and oxygen atoms in total. The van der Waals surface area contributed by atoms with Gasteiger partial charge in [-0.15, -0.1) is 0 Å². The molecule has 0 N–H and O–H groups in total. The second-order valence-corrected chi connectivity index (χ2v) is 14.1. The van der Waals surface area contributed by atoms with E-state index in [-0.39, 0.29) is 16.4 Å². The number of methoxy groups -OCH3 is 1. The number of hydrogen-bond acceptors (Lipinski definition) is 4. The van der Waals surface area contributed by atoms with E-state index in [2.05, 4.69) is 50.9 Å². The molecule has 0 aromatic heterocycles. The number of benzene rings is 1. The Morgan fingerprint density at radius 2 is 1.81 bits per heavy atom. The summed E-state index contributed by atoms with van der Waals surface area (Å²) >= 11 is 0. The van der Waals surface area contributed by atoms with Crippen molar-refractivity contribution in [3.05, 3.63) is 35.9 Å². The van der Waals surface area contributed by atoms with Crippen LogP contribution in [0.3, 0.4) is 0 Å². The molecule has 5 heteroatoms. The van der Waals surface area contributed by atoms with Gasteiger partial charge in [-0.05, 0) is 36.5 Å². The Kier molecular flexibility index (Phi) is 6.69. The Balaban J connectivity index is 2.01. The Hall–Kier alpha value is -1.17. The highest BCUT2D eigenvalue weighted by atomic mass is 28.4. The van der Waals surface area contributed by atoms with E-state index in [1.165, 1.54) is 25.5 Å². The lowest BCUT2D eigenvalue weighted by Crippen LogP contribution is -2.44. The van der Waals surface area contributed by atoms with Crippen molar-refractivity contribution in [2.45, 2.75) is 58.3 Å². The maximum Gasteiger partial charge on any atom is 0.319 e. The highest BCUT2D eigenvalue weighted by Gasteiger charge is 2.47. The molecule has 1 aromatic rings. The van der Waals surface area contributed by atoms with E-state index in [0.29, 0.717) is 6.54 Å². The summed E-state index contributed by atoms with van der Waals surface area (Å²) in [7, 11) is -0.294. The van der Waals surface area contributed by atoms with Gasteiger partial charge in [0.1, 0.15) is 0 Å². The molecule has 0 amide bonds. The molecular formula is C21H35NO3Si. The van der Waals surface area contributed by atoms with Gasteiger partial charge in [0.25, 0.3) is 0 Å². The van der Waals surface area contributed by atoms with Crippen LogP contribution in [0.15, 0.2) is 30.3 Å². The van der Waals surface area contributed by atoms with Crippen molar-refractivity contribution >= 4 is 14.3 Å². The van der Waals surface area contributed by atoms with E-state index in [4.69, 9.17) is 9.16 Å². The van der Waals surface area contributed by atoms with E-state index in [1.54, 1.807) is 0 Å². The molecule has 0 bridgehead atoms. The van der Waals surface area contributed by atoms with Gasteiger partial charge < -0.3 is 9.16 Å². The minimum Gasteiger partial charge on any atom is -0.468 e. The number of hydrogen-bond donors (Lipinski definition) is 0. The van der Waals surface area contributed by atoms with Crippen molar-refractivity contribution in [2.24, 2.45) is 5.41 Å². The lowest BCUT2D eigenvalue weighted by Gasteiger charge is -2.38. The molecule has 1 aliphatic rings. The molecule has 0 spiro atoms.